The monoisotopic (exact) mass is 377 g/mol. The van der Waals surface area contributed by atoms with Crippen molar-refractivity contribution < 1.29 is 18.3 Å². The molecule has 20 heavy (non-hydrogen) atoms. The summed E-state index contributed by atoms with van der Waals surface area (Å²) in [4.78, 5) is 18.2. The Morgan fingerprint density at radius 1 is 1.40 bits per heavy atom. The first-order chi connectivity index (χ1) is 9.31. The Morgan fingerprint density at radius 3 is 2.65 bits per heavy atom. The molecule has 0 spiro atoms. The molecule has 0 saturated heterocycles. The van der Waals surface area contributed by atoms with Gasteiger partial charge in [0.2, 0.25) is 0 Å². The third-order valence-electron chi connectivity index (χ3n) is 2.24. The van der Waals surface area contributed by atoms with Crippen LogP contribution in [0, 0.1) is 6.92 Å². The quantitative estimate of drug-likeness (QED) is 0.844. The molecule has 0 aliphatic heterocycles. The molecule has 2 aromatic rings. The number of nitrogens with one attached hydrogen (secondary N) is 1. The van der Waals surface area contributed by atoms with E-state index >= 15 is 0 Å². The maximum atomic E-state index is 12.2. The number of carboxylic acid groups (broad SMARTS) is 1. The maximum Gasteiger partial charge on any atom is 0.347 e. The number of hydrogen-bond acceptors (Lipinski definition) is 6. The first-order valence-corrected chi connectivity index (χ1v) is 8.28. The molecule has 2 aromatic heterocycles. The maximum absolute atomic E-state index is 12.2. The molecule has 0 saturated carbocycles. The Balaban J connectivity index is 2.43. The highest BCUT2D eigenvalue weighted by atomic mass is 79.9. The average molecular weight is 378 g/mol. The number of halogens is 1. The normalized spacial score (nSPS) is 11.3. The molecule has 0 atom stereocenters. The molecule has 10 heteroatoms. The zero-order valence-corrected chi connectivity index (χ0v) is 13.2. The van der Waals surface area contributed by atoms with Crippen molar-refractivity contribution in [2.24, 2.45) is 0 Å². The lowest BCUT2D eigenvalue weighted by Crippen LogP contribution is -2.17. The lowest BCUT2D eigenvalue weighted by atomic mass is 10.3. The van der Waals surface area contributed by atoms with Gasteiger partial charge in [-0.15, -0.1) is 11.3 Å². The average Bonchev–Trinajstić information content (AvgIpc) is 2.75. The summed E-state index contributed by atoms with van der Waals surface area (Å²) in [5, 5.41) is 10.5. The van der Waals surface area contributed by atoms with E-state index in [-0.39, 0.29) is 15.6 Å². The summed E-state index contributed by atoms with van der Waals surface area (Å²) in [7, 11) is -4.03. The fourth-order valence-electron chi connectivity index (χ4n) is 1.47. The number of aryl methyl sites for hydroxylation is 1. The van der Waals surface area contributed by atoms with E-state index in [0.29, 0.717) is 10.2 Å². The largest absolute Gasteiger partial charge is 0.477 e. The van der Waals surface area contributed by atoms with E-state index in [9.17, 15) is 13.2 Å². The summed E-state index contributed by atoms with van der Waals surface area (Å²) < 4.78 is 27.2. The highest BCUT2D eigenvalue weighted by molar-refractivity contribution is 9.10. The Bertz CT molecular complexity index is 755. The molecular formula is C10H8BrN3O4S2. The number of carboxylic acids is 1. The molecule has 0 bridgehead atoms. The van der Waals surface area contributed by atoms with Gasteiger partial charge in [-0.3, -0.25) is 4.72 Å². The number of nitrogens with zero attached hydrogens (tertiary/aromatic N) is 2. The number of thiophene rings is 1. The van der Waals surface area contributed by atoms with E-state index in [4.69, 9.17) is 5.11 Å². The van der Waals surface area contributed by atoms with Crippen molar-refractivity contribution in [3.05, 3.63) is 32.8 Å². The molecule has 0 aliphatic carbocycles. The number of sulfonamides is 1. The fourth-order valence-corrected chi connectivity index (χ4v) is 4.30. The number of aromatic carboxylic acids is 1. The van der Waals surface area contributed by atoms with Gasteiger partial charge in [0.25, 0.3) is 10.0 Å². The summed E-state index contributed by atoms with van der Waals surface area (Å²) in [6, 6.07) is 0. The zero-order chi connectivity index (χ0) is 14.9. The molecule has 7 nitrogen and oxygen atoms in total. The minimum absolute atomic E-state index is 0.00939. The third kappa shape index (κ3) is 2.97. The van der Waals surface area contributed by atoms with Crippen LogP contribution >= 0.6 is 27.3 Å². The second kappa shape index (κ2) is 5.46. The summed E-state index contributed by atoms with van der Waals surface area (Å²) in [5.74, 6) is -1.28. The van der Waals surface area contributed by atoms with Crippen LogP contribution in [-0.4, -0.2) is 29.5 Å². The van der Waals surface area contributed by atoms with Crippen molar-refractivity contribution in [1.82, 2.24) is 9.97 Å². The number of aromatic nitrogens is 2. The van der Waals surface area contributed by atoms with Crippen molar-refractivity contribution in [3.63, 3.8) is 0 Å². The van der Waals surface area contributed by atoms with Crippen LogP contribution in [0.15, 0.2) is 27.3 Å². The predicted molar refractivity (Wildman–Crippen MR) is 76.6 cm³/mol. The van der Waals surface area contributed by atoms with Crippen LogP contribution in [0.5, 0.6) is 0 Å². The summed E-state index contributed by atoms with van der Waals surface area (Å²) in [6.07, 6.45) is 2.56. The molecule has 0 unspecified atom stereocenters. The Labute approximate surface area is 126 Å². The Hall–Kier alpha value is -1.52. The van der Waals surface area contributed by atoms with Crippen molar-refractivity contribution in [3.8, 4) is 0 Å². The first-order valence-electron chi connectivity index (χ1n) is 5.13. The molecule has 0 fully saturated rings. The molecule has 2 heterocycles. The van der Waals surface area contributed by atoms with Gasteiger partial charge in [-0.1, -0.05) is 0 Å². The van der Waals surface area contributed by atoms with Crippen LogP contribution in [0.1, 0.15) is 15.2 Å². The van der Waals surface area contributed by atoms with Crippen LogP contribution < -0.4 is 4.72 Å². The van der Waals surface area contributed by atoms with Crippen LogP contribution in [-0.2, 0) is 10.0 Å². The minimum atomic E-state index is -4.03. The van der Waals surface area contributed by atoms with Gasteiger partial charge in [-0.2, -0.15) is 0 Å². The summed E-state index contributed by atoms with van der Waals surface area (Å²) in [6.45, 7) is 1.53. The molecule has 0 amide bonds. The van der Waals surface area contributed by atoms with Crippen LogP contribution in [0.4, 0.5) is 5.82 Å². The van der Waals surface area contributed by atoms with Crippen molar-refractivity contribution in [2.75, 3.05) is 4.72 Å². The highest BCUT2D eigenvalue weighted by Crippen LogP contribution is 2.28. The van der Waals surface area contributed by atoms with Crippen molar-refractivity contribution in [1.29, 1.82) is 0 Å². The zero-order valence-electron chi connectivity index (χ0n) is 9.99. The van der Waals surface area contributed by atoms with Crippen molar-refractivity contribution in [2.45, 2.75) is 11.8 Å². The Kier molecular flexibility index (Phi) is 4.06. The van der Waals surface area contributed by atoms with E-state index in [1.165, 1.54) is 24.7 Å². The van der Waals surface area contributed by atoms with E-state index in [2.05, 4.69) is 30.6 Å². The molecule has 2 rings (SSSR count). The fraction of sp³-hybridized carbons (Fsp3) is 0.100. The molecule has 0 radical (unpaired) electrons. The van der Waals surface area contributed by atoms with Crippen LogP contribution in [0.25, 0.3) is 0 Å². The molecule has 0 aliphatic rings. The molecule has 106 valence electrons. The second-order valence-electron chi connectivity index (χ2n) is 3.71. The van der Waals surface area contributed by atoms with Gasteiger partial charge < -0.3 is 5.11 Å². The smallest absolute Gasteiger partial charge is 0.347 e. The van der Waals surface area contributed by atoms with E-state index < -0.39 is 16.0 Å². The van der Waals surface area contributed by atoms with Gasteiger partial charge in [-0.05, 0) is 33.8 Å². The SMILES string of the molecule is Cc1csc(C(=O)O)c1S(=O)(=O)Nc1cnc(Br)cn1. The molecule has 2 N–H and O–H groups in total. The topological polar surface area (TPSA) is 109 Å². The number of anilines is 1. The van der Waals surface area contributed by atoms with E-state index in [1.54, 1.807) is 0 Å². The predicted octanol–water partition coefficient (Wildman–Crippen LogP) is 2.11. The third-order valence-corrected chi connectivity index (χ3v) is 5.41. The molecular weight excluding hydrogens is 370 g/mol. The second-order valence-corrected chi connectivity index (χ2v) is 7.02. The standard InChI is InChI=1S/C10H8BrN3O4S2/c1-5-4-19-8(10(15)16)9(5)20(17,18)14-7-3-12-6(11)2-13-7/h2-4H,1H3,(H,13,14)(H,15,16). The van der Waals surface area contributed by atoms with Crippen LogP contribution in [0.3, 0.4) is 0 Å². The summed E-state index contributed by atoms with van der Waals surface area (Å²) >= 11 is 3.94. The summed E-state index contributed by atoms with van der Waals surface area (Å²) in [5.41, 5.74) is 0.366. The van der Waals surface area contributed by atoms with Gasteiger partial charge in [0.1, 0.15) is 14.4 Å². The lowest BCUT2D eigenvalue weighted by Gasteiger charge is -2.07. The number of rotatable bonds is 4. The van der Waals surface area contributed by atoms with Gasteiger partial charge in [0.15, 0.2) is 5.82 Å². The van der Waals surface area contributed by atoms with Gasteiger partial charge in [-0.25, -0.2) is 23.2 Å². The lowest BCUT2D eigenvalue weighted by molar-refractivity contribution is 0.0698. The van der Waals surface area contributed by atoms with Gasteiger partial charge in [0.05, 0.1) is 12.4 Å². The van der Waals surface area contributed by atoms with E-state index in [1.807, 2.05) is 0 Å². The van der Waals surface area contributed by atoms with Crippen molar-refractivity contribution >= 4 is 49.1 Å². The highest BCUT2D eigenvalue weighted by Gasteiger charge is 2.27. The molecule has 0 aromatic carbocycles. The van der Waals surface area contributed by atoms with Gasteiger partial charge in [0, 0.05) is 0 Å². The minimum Gasteiger partial charge on any atom is -0.477 e. The first kappa shape index (κ1) is 14.9. The number of hydrogen-bond donors (Lipinski definition) is 2. The Morgan fingerprint density at radius 2 is 2.10 bits per heavy atom. The van der Waals surface area contributed by atoms with Crippen LogP contribution in [0.2, 0.25) is 0 Å². The number of carbonyl (C=O) groups is 1. The van der Waals surface area contributed by atoms with Gasteiger partial charge >= 0.3 is 5.97 Å². The van der Waals surface area contributed by atoms with E-state index in [0.717, 1.165) is 11.3 Å².